The minimum absolute atomic E-state index is 0. The molecule has 0 fully saturated rings. The number of nitrogens with zero attached hydrogens (tertiary/aromatic N) is 1. The van der Waals surface area contributed by atoms with Crippen LogP contribution in [0.5, 0.6) is 0 Å². The van der Waals surface area contributed by atoms with Crippen LogP contribution in [-0.4, -0.2) is 16.5 Å². The highest BCUT2D eigenvalue weighted by molar-refractivity contribution is 5.85. The molecule has 0 saturated heterocycles. The second kappa shape index (κ2) is 8.58. The maximum absolute atomic E-state index is 11.9. The van der Waals surface area contributed by atoms with Gasteiger partial charge in [0, 0.05) is 11.1 Å². The van der Waals surface area contributed by atoms with E-state index in [2.05, 4.69) is 9.97 Å². The molecule has 0 aliphatic heterocycles. The molecule has 0 amide bonds. The SMILES string of the molecule is Cl.Cl.NCCCc1c(-c2ccccc2)nc(N)[nH]c1=O. The topological polar surface area (TPSA) is 97.8 Å². The Hall–Kier alpha value is -1.56. The van der Waals surface area contributed by atoms with Gasteiger partial charge in [0.05, 0.1) is 5.69 Å². The van der Waals surface area contributed by atoms with Crippen molar-refractivity contribution in [1.29, 1.82) is 0 Å². The number of anilines is 1. The zero-order valence-corrected chi connectivity index (χ0v) is 12.5. The van der Waals surface area contributed by atoms with E-state index in [0.29, 0.717) is 24.2 Å². The lowest BCUT2D eigenvalue weighted by Gasteiger charge is -2.08. The number of benzene rings is 1. The zero-order chi connectivity index (χ0) is 13.0. The first-order valence-corrected chi connectivity index (χ1v) is 5.86. The van der Waals surface area contributed by atoms with Crippen molar-refractivity contribution in [3.05, 3.63) is 46.2 Å². The molecule has 1 aromatic carbocycles. The molecule has 0 spiro atoms. The normalized spacial score (nSPS) is 9.45. The fourth-order valence-corrected chi connectivity index (χ4v) is 1.86. The average molecular weight is 317 g/mol. The summed E-state index contributed by atoms with van der Waals surface area (Å²) in [7, 11) is 0. The zero-order valence-electron chi connectivity index (χ0n) is 10.8. The molecular formula is C13H18Cl2N4O. The summed E-state index contributed by atoms with van der Waals surface area (Å²) < 4.78 is 0. The predicted molar refractivity (Wildman–Crippen MR) is 86.6 cm³/mol. The van der Waals surface area contributed by atoms with Gasteiger partial charge in [-0.3, -0.25) is 9.78 Å². The molecule has 110 valence electrons. The van der Waals surface area contributed by atoms with Gasteiger partial charge in [-0.2, -0.15) is 0 Å². The van der Waals surface area contributed by atoms with E-state index in [1.165, 1.54) is 0 Å². The Kier molecular flexibility index (Phi) is 7.91. The van der Waals surface area contributed by atoms with Gasteiger partial charge in [0.1, 0.15) is 0 Å². The van der Waals surface area contributed by atoms with E-state index >= 15 is 0 Å². The Balaban J connectivity index is 0.00000180. The molecule has 5 nitrogen and oxygen atoms in total. The summed E-state index contributed by atoms with van der Waals surface area (Å²) in [5, 5.41) is 0. The number of hydrogen-bond donors (Lipinski definition) is 3. The lowest BCUT2D eigenvalue weighted by Crippen LogP contribution is -2.19. The van der Waals surface area contributed by atoms with Crippen molar-refractivity contribution in [2.24, 2.45) is 5.73 Å². The maximum atomic E-state index is 11.9. The number of nitrogen functional groups attached to an aromatic ring is 1. The van der Waals surface area contributed by atoms with Gasteiger partial charge in [-0.15, -0.1) is 24.8 Å². The fraction of sp³-hybridized carbons (Fsp3) is 0.231. The van der Waals surface area contributed by atoms with Gasteiger partial charge in [-0.25, -0.2) is 4.98 Å². The number of nitrogens with one attached hydrogen (secondary N) is 1. The Morgan fingerprint density at radius 1 is 1.15 bits per heavy atom. The molecule has 0 radical (unpaired) electrons. The number of aromatic amines is 1. The first-order chi connectivity index (χ1) is 8.72. The third-order valence-electron chi connectivity index (χ3n) is 2.71. The number of halogens is 2. The number of rotatable bonds is 4. The largest absolute Gasteiger partial charge is 0.369 e. The standard InChI is InChI=1S/C13H16N4O.2ClH/c14-8-4-7-10-11(9-5-2-1-3-6-9)16-13(15)17-12(10)18;;/h1-3,5-6H,4,7-8,14H2,(H3,15,16,17,18);2*1H. The minimum Gasteiger partial charge on any atom is -0.369 e. The van der Waals surface area contributed by atoms with Crippen LogP contribution in [0.4, 0.5) is 5.95 Å². The molecular weight excluding hydrogens is 299 g/mol. The second-order valence-electron chi connectivity index (χ2n) is 4.04. The van der Waals surface area contributed by atoms with Crippen LogP contribution in [0.2, 0.25) is 0 Å². The Labute approximate surface area is 129 Å². The maximum Gasteiger partial charge on any atom is 0.256 e. The molecule has 0 aliphatic rings. The summed E-state index contributed by atoms with van der Waals surface area (Å²) in [6.45, 7) is 0.540. The molecule has 0 saturated carbocycles. The van der Waals surface area contributed by atoms with E-state index < -0.39 is 0 Å². The quantitative estimate of drug-likeness (QED) is 0.800. The van der Waals surface area contributed by atoms with Crippen molar-refractivity contribution in [1.82, 2.24) is 9.97 Å². The van der Waals surface area contributed by atoms with Crippen LogP contribution in [0.25, 0.3) is 11.3 Å². The van der Waals surface area contributed by atoms with Gasteiger partial charge in [-0.05, 0) is 19.4 Å². The molecule has 0 atom stereocenters. The summed E-state index contributed by atoms with van der Waals surface area (Å²) in [4.78, 5) is 18.7. The molecule has 20 heavy (non-hydrogen) atoms. The highest BCUT2D eigenvalue weighted by Crippen LogP contribution is 2.20. The lowest BCUT2D eigenvalue weighted by molar-refractivity contribution is 0.818. The van der Waals surface area contributed by atoms with E-state index in [4.69, 9.17) is 11.5 Å². The van der Waals surface area contributed by atoms with E-state index in [0.717, 1.165) is 12.0 Å². The van der Waals surface area contributed by atoms with E-state index in [1.807, 2.05) is 30.3 Å². The van der Waals surface area contributed by atoms with Crippen LogP contribution in [0.3, 0.4) is 0 Å². The molecule has 1 heterocycles. The summed E-state index contributed by atoms with van der Waals surface area (Å²) in [5.74, 6) is 0.135. The van der Waals surface area contributed by atoms with E-state index in [1.54, 1.807) is 0 Å². The number of aromatic nitrogens is 2. The number of nitrogens with two attached hydrogens (primary N) is 2. The Morgan fingerprint density at radius 2 is 1.80 bits per heavy atom. The van der Waals surface area contributed by atoms with Crippen LogP contribution in [0.1, 0.15) is 12.0 Å². The van der Waals surface area contributed by atoms with Crippen LogP contribution < -0.4 is 17.0 Å². The van der Waals surface area contributed by atoms with Gasteiger partial charge < -0.3 is 11.5 Å². The minimum atomic E-state index is -0.185. The van der Waals surface area contributed by atoms with Gasteiger partial charge >= 0.3 is 0 Å². The first kappa shape index (κ1) is 18.4. The molecule has 2 rings (SSSR count). The third-order valence-corrected chi connectivity index (χ3v) is 2.71. The van der Waals surface area contributed by atoms with Gasteiger partial charge in [0.2, 0.25) is 5.95 Å². The van der Waals surface area contributed by atoms with Crippen molar-refractivity contribution < 1.29 is 0 Å². The molecule has 1 aromatic heterocycles. The van der Waals surface area contributed by atoms with Gasteiger partial charge in [0.25, 0.3) is 5.56 Å². The third kappa shape index (κ3) is 4.23. The smallest absolute Gasteiger partial charge is 0.256 e. The molecule has 0 aliphatic carbocycles. The van der Waals surface area contributed by atoms with E-state index in [9.17, 15) is 4.79 Å². The predicted octanol–water partition coefficient (Wildman–Crippen LogP) is 1.75. The van der Waals surface area contributed by atoms with Crippen molar-refractivity contribution >= 4 is 30.8 Å². The summed E-state index contributed by atoms with van der Waals surface area (Å²) in [6, 6.07) is 9.54. The van der Waals surface area contributed by atoms with Crippen molar-refractivity contribution in [2.75, 3.05) is 12.3 Å². The summed E-state index contributed by atoms with van der Waals surface area (Å²) >= 11 is 0. The molecule has 7 heteroatoms. The fourth-order valence-electron chi connectivity index (χ4n) is 1.86. The van der Waals surface area contributed by atoms with Crippen LogP contribution in [0.15, 0.2) is 35.1 Å². The number of hydrogen-bond acceptors (Lipinski definition) is 4. The van der Waals surface area contributed by atoms with Crippen molar-refractivity contribution in [3.8, 4) is 11.3 Å². The monoisotopic (exact) mass is 316 g/mol. The van der Waals surface area contributed by atoms with Crippen molar-refractivity contribution in [3.63, 3.8) is 0 Å². The second-order valence-corrected chi connectivity index (χ2v) is 4.04. The molecule has 5 N–H and O–H groups in total. The van der Waals surface area contributed by atoms with E-state index in [-0.39, 0.29) is 36.3 Å². The summed E-state index contributed by atoms with van der Waals surface area (Å²) in [6.07, 6.45) is 1.35. The van der Waals surface area contributed by atoms with Gasteiger partial charge in [-0.1, -0.05) is 30.3 Å². The summed E-state index contributed by atoms with van der Waals surface area (Å²) in [5.41, 5.74) is 13.1. The molecule has 2 aromatic rings. The van der Waals surface area contributed by atoms with Crippen LogP contribution in [0, 0.1) is 0 Å². The lowest BCUT2D eigenvalue weighted by atomic mass is 10.0. The van der Waals surface area contributed by atoms with Crippen LogP contribution in [-0.2, 0) is 6.42 Å². The van der Waals surface area contributed by atoms with Gasteiger partial charge in [0.15, 0.2) is 0 Å². The van der Waals surface area contributed by atoms with Crippen molar-refractivity contribution in [2.45, 2.75) is 12.8 Å². The molecule has 0 unspecified atom stereocenters. The highest BCUT2D eigenvalue weighted by Gasteiger charge is 2.11. The van der Waals surface area contributed by atoms with Crippen LogP contribution >= 0.6 is 24.8 Å². The average Bonchev–Trinajstić information content (AvgIpc) is 2.38. The number of H-pyrrole nitrogens is 1. The Bertz CT molecular complexity index is 587. The highest BCUT2D eigenvalue weighted by atomic mass is 35.5. The molecule has 0 bridgehead atoms. The Morgan fingerprint density at radius 3 is 2.40 bits per heavy atom. The first-order valence-electron chi connectivity index (χ1n) is 5.86.